The fraction of sp³-hybridized carbons (Fsp3) is 0.611. The first-order valence-corrected chi connectivity index (χ1v) is 8.81. The average Bonchev–Trinajstić information content (AvgIpc) is 2.59. The van der Waals surface area contributed by atoms with Crippen molar-refractivity contribution < 1.29 is 22.8 Å². The number of hydrogen-bond donors (Lipinski definition) is 1. The van der Waals surface area contributed by atoms with E-state index in [-0.39, 0.29) is 6.04 Å². The lowest BCUT2D eigenvalue weighted by Crippen LogP contribution is -2.52. The highest BCUT2D eigenvalue weighted by Crippen LogP contribution is 2.30. The van der Waals surface area contributed by atoms with E-state index in [0.29, 0.717) is 10.5 Å². The molecule has 26 heavy (non-hydrogen) atoms. The lowest BCUT2D eigenvalue weighted by molar-refractivity contribution is -0.190. The monoisotopic (exact) mass is 371 g/mol. The van der Waals surface area contributed by atoms with Crippen LogP contribution in [0.4, 0.5) is 13.2 Å². The minimum Gasteiger partial charge on any atom is -0.351 e. The molecular weight excluding hydrogens is 347 g/mol. The zero-order valence-electron chi connectivity index (χ0n) is 14.9. The van der Waals surface area contributed by atoms with Gasteiger partial charge in [-0.1, -0.05) is 19.3 Å². The van der Waals surface area contributed by atoms with Crippen molar-refractivity contribution in [1.82, 2.24) is 15.2 Å². The molecule has 8 heteroatoms. The van der Waals surface area contributed by atoms with Crippen molar-refractivity contribution in [2.24, 2.45) is 0 Å². The van der Waals surface area contributed by atoms with E-state index in [1.807, 2.05) is 0 Å². The number of nitrogens with one attached hydrogen (secondary N) is 1. The van der Waals surface area contributed by atoms with E-state index >= 15 is 0 Å². The number of carbonyl (C=O) groups excluding carboxylic acids is 2. The third-order valence-electron chi connectivity index (χ3n) is 4.53. The number of pyridine rings is 1. The number of hydrogen-bond acceptors (Lipinski definition) is 3. The molecule has 1 N–H and O–H groups in total. The Morgan fingerprint density at radius 1 is 1.15 bits per heavy atom. The molecule has 1 saturated carbocycles. The Bertz CT molecular complexity index is 614. The first kappa shape index (κ1) is 20.2. The number of alkyl halides is 3. The molecule has 1 aromatic heterocycles. The molecule has 0 bridgehead atoms. The van der Waals surface area contributed by atoms with Crippen LogP contribution >= 0.6 is 0 Å². The smallest absolute Gasteiger partial charge is 0.351 e. The summed E-state index contributed by atoms with van der Waals surface area (Å²) in [5.74, 6) is -2.61. The predicted octanol–water partition coefficient (Wildman–Crippen LogP) is 3.37. The van der Waals surface area contributed by atoms with Crippen LogP contribution < -0.4 is 5.32 Å². The fourth-order valence-corrected chi connectivity index (χ4v) is 3.31. The maximum atomic E-state index is 13.1. The number of carbonyl (C=O) groups is 2. The summed E-state index contributed by atoms with van der Waals surface area (Å²) < 4.78 is 39.4. The third-order valence-corrected chi connectivity index (χ3v) is 4.53. The Morgan fingerprint density at radius 3 is 2.23 bits per heavy atom. The standard InChI is InChI=1S/C18H24F3N3O2/c1-12(2)24(17(26)18(19,20)21)15(13-8-10-22-11-9-13)16(25)23-14-6-4-3-5-7-14/h8-12,14-15H,3-7H2,1-2H3,(H,23,25)/t15-/m1/s1. The molecule has 0 unspecified atom stereocenters. The number of aromatic nitrogens is 1. The summed E-state index contributed by atoms with van der Waals surface area (Å²) >= 11 is 0. The van der Waals surface area contributed by atoms with E-state index < -0.39 is 30.1 Å². The van der Waals surface area contributed by atoms with Crippen molar-refractivity contribution in [1.29, 1.82) is 0 Å². The van der Waals surface area contributed by atoms with Crippen LogP contribution in [0.1, 0.15) is 57.6 Å². The highest BCUT2D eigenvalue weighted by atomic mass is 19.4. The Labute approximate surface area is 151 Å². The number of halogens is 3. The van der Waals surface area contributed by atoms with Gasteiger partial charge >= 0.3 is 12.1 Å². The van der Waals surface area contributed by atoms with Gasteiger partial charge < -0.3 is 10.2 Å². The van der Waals surface area contributed by atoms with Crippen molar-refractivity contribution in [3.8, 4) is 0 Å². The van der Waals surface area contributed by atoms with Gasteiger partial charge in [-0.3, -0.25) is 14.6 Å². The second-order valence-electron chi connectivity index (χ2n) is 6.83. The molecular formula is C18H24F3N3O2. The molecule has 0 spiro atoms. The molecule has 1 heterocycles. The van der Waals surface area contributed by atoms with Gasteiger partial charge in [0.15, 0.2) is 0 Å². The second-order valence-corrected chi connectivity index (χ2v) is 6.83. The van der Waals surface area contributed by atoms with E-state index in [4.69, 9.17) is 0 Å². The molecule has 1 aliphatic rings. The lowest BCUT2D eigenvalue weighted by Gasteiger charge is -2.36. The molecule has 0 aromatic carbocycles. The van der Waals surface area contributed by atoms with E-state index in [2.05, 4.69) is 10.3 Å². The molecule has 144 valence electrons. The molecule has 0 radical (unpaired) electrons. The van der Waals surface area contributed by atoms with Crippen molar-refractivity contribution in [3.05, 3.63) is 30.1 Å². The molecule has 0 saturated heterocycles. The summed E-state index contributed by atoms with van der Waals surface area (Å²) in [5, 5.41) is 2.84. The summed E-state index contributed by atoms with van der Waals surface area (Å²) in [5.41, 5.74) is 0.305. The quantitative estimate of drug-likeness (QED) is 0.863. The van der Waals surface area contributed by atoms with Crippen molar-refractivity contribution >= 4 is 11.8 Å². The third kappa shape index (κ3) is 4.95. The van der Waals surface area contributed by atoms with Crippen LogP contribution in [0.3, 0.4) is 0 Å². The van der Waals surface area contributed by atoms with Gasteiger partial charge in [-0.05, 0) is 44.4 Å². The lowest BCUT2D eigenvalue weighted by atomic mass is 9.94. The zero-order valence-corrected chi connectivity index (χ0v) is 14.9. The van der Waals surface area contributed by atoms with Crippen LogP contribution in [0, 0.1) is 0 Å². The van der Waals surface area contributed by atoms with Gasteiger partial charge in [0.05, 0.1) is 0 Å². The van der Waals surface area contributed by atoms with Crippen molar-refractivity contribution in [2.45, 2.75) is 70.3 Å². The van der Waals surface area contributed by atoms with Crippen LogP contribution in [0.15, 0.2) is 24.5 Å². The Kier molecular flexibility index (Phi) is 6.61. The normalized spacial score (nSPS) is 17.0. The zero-order chi connectivity index (χ0) is 19.3. The van der Waals surface area contributed by atoms with E-state index in [0.717, 1.165) is 32.1 Å². The van der Waals surface area contributed by atoms with Gasteiger partial charge in [-0.2, -0.15) is 13.2 Å². The van der Waals surface area contributed by atoms with Crippen molar-refractivity contribution in [3.63, 3.8) is 0 Å². The summed E-state index contributed by atoms with van der Waals surface area (Å²) in [6.45, 7) is 2.93. The number of amides is 2. The highest BCUT2D eigenvalue weighted by molar-refractivity contribution is 5.91. The molecule has 1 atom stereocenters. The summed E-state index contributed by atoms with van der Waals surface area (Å²) in [6.07, 6.45) is 2.36. The Balaban J connectivity index is 2.35. The van der Waals surface area contributed by atoms with Gasteiger partial charge in [0, 0.05) is 24.5 Å². The first-order chi connectivity index (χ1) is 12.2. The van der Waals surface area contributed by atoms with Crippen LogP contribution in [0.2, 0.25) is 0 Å². The Hall–Kier alpha value is -2.12. The maximum absolute atomic E-state index is 13.1. The van der Waals surface area contributed by atoms with Gasteiger partial charge in [-0.25, -0.2) is 0 Å². The molecule has 1 fully saturated rings. The van der Waals surface area contributed by atoms with Gasteiger partial charge in [0.1, 0.15) is 6.04 Å². The predicted molar refractivity (Wildman–Crippen MR) is 90.0 cm³/mol. The molecule has 0 aliphatic heterocycles. The molecule has 2 rings (SSSR count). The first-order valence-electron chi connectivity index (χ1n) is 8.81. The van der Waals surface area contributed by atoms with Crippen LogP contribution in [0.5, 0.6) is 0 Å². The molecule has 1 aliphatic carbocycles. The van der Waals surface area contributed by atoms with Crippen molar-refractivity contribution in [2.75, 3.05) is 0 Å². The fourth-order valence-electron chi connectivity index (χ4n) is 3.31. The highest BCUT2D eigenvalue weighted by Gasteiger charge is 2.47. The van der Waals surface area contributed by atoms with Gasteiger partial charge in [-0.15, -0.1) is 0 Å². The van der Waals surface area contributed by atoms with Crippen LogP contribution in [0.25, 0.3) is 0 Å². The number of nitrogens with zero attached hydrogens (tertiary/aromatic N) is 2. The number of rotatable bonds is 5. The summed E-state index contributed by atoms with van der Waals surface area (Å²) in [6, 6.07) is 0.693. The van der Waals surface area contributed by atoms with Crippen LogP contribution in [-0.4, -0.2) is 40.0 Å². The minimum atomic E-state index is -5.05. The van der Waals surface area contributed by atoms with Gasteiger partial charge in [0.2, 0.25) is 5.91 Å². The summed E-state index contributed by atoms with van der Waals surface area (Å²) in [4.78, 5) is 29.4. The molecule has 5 nitrogen and oxygen atoms in total. The molecule has 2 amide bonds. The topological polar surface area (TPSA) is 62.3 Å². The largest absolute Gasteiger partial charge is 0.471 e. The average molecular weight is 371 g/mol. The van der Waals surface area contributed by atoms with Crippen LogP contribution in [-0.2, 0) is 9.59 Å². The minimum absolute atomic E-state index is 0.0735. The van der Waals surface area contributed by atoms with Gasteiger partial charge in [0.25, 0.3) is 0 Å². The van der Waals surface area contributed by atoms with E-state index in [1.165, 1.54) is 38.4 Å². The maximum Gasteiger partial charge on any atom is 0.471 e. The van der Waals surface area contributed by atoms with E-state index in [9.17, 15) is 22.8 Å². The summed E-state index contributed by atoms with van der Waals surface area (Å²) in [7, 11) is 0. The van der Waals surface area contributed by atoms with E-state index in [1.54, 1.807) is 0 Å². The second kappa shape index (κ2) is 8.51. The Morgan fingerprint density at radius 2 is 1.73 bits per heavy atom. The SMILES string of the molecule is CC(C)N(C(=O)C(F)(F)F)[C@@H](C(=O)NC1CCCCC1)c1ccncc1. The molecule has 1 aromatic rings.